The summed E-state index contributed by atoms with van der Waals surface area (Å²) in [5.41, 5.74) is 3.75. The highest BCUT2D eigenvalue weighted by atomic mass is 32.2. The van der Waals surface area contributed by atoms with E-state index in [1.165, 1.54) is 30.3 Å². The number of halogens is 1. The fourth-order valence-corrected chi connectivity index (χ4v) is 4.88. The van der Waals surface area contributed by atoms with Crippen molar-refractivity contribution in [3.8, 4) is 17.2 Å². The molecule has 0 saturated carbocycles. The highest BCUT2D eigenvalue weighted by molar-refractivity contribution is 7.92. The summed E-state index contributed by atoms with van der Waals surface area (Å²) in [5, 5.41) is 4.08. The Bertz CT molecular complexity index is 1380. The Balaban J connectivity index is 1.59. The van der Waals surface area contributed by atoms with Crippen LogP contribution in [0.1, 0.15) is 12.5 Å². The van der Waals surface area contributed by atoms with E-state index < -0.39 is 28.3 Å². The Morgan fingerprint density at radius 1 is 1.03 bits per heavy atom. The lowest BCUT2D eigenvalue weighted by Crippen LogP contribution is -2.39. The number of carbonyl (C=O) groups is 1. The van der Waals surface area contributed by atoms with Crippen LogP contribution in [0.15, 0.2) is 76.7 Å². The minimum atomic E-state index is -4.24. The SMILES string of the molecule is COc1ccc(/C(C)=N\NC(=O)CN(c2ccc(F)cc2)S(=O)(=O)c2ccc3c(c2)OCCO3)cc1. The van der Waals surface area contributed by atoms with Crippen LogP contribution >= 0.6 is 0 Å². The van der Waals surface area contributed by atoms with Crippen molar-refractivity contribution in [1.82, 2.24) is 5.43 Å². The van der Waals surface area contributed by atoms with E-state index in [4.69, 9.17) is 14.2 Å². The Morgan fingerprint density at radius 2 is 1.69 bits per heavy atom. The molecule has 1 amide bonds. The van der Waals surface area contributed by atoms with Gasteiger partial charge in [0.1, 0.15) is 31.3 Å². The third kappa shape index (κ3) is 5.57. The number of nitrogens with zero attached hydrogens (tertiary/aromatic N) is 2. The summed E-state index contributed by atoms with van der Waals surface area (Å²) in [6, 6.07) is 16.1. The minimum absolute atomic E-state index is 0.109. The number of ether oxygens (including phenoxy) is 3. The highest BCUT2D eigenvalue weighted by Crippen LogP contribution is 2.34. The number of hydrogen-bond donors (Lipinski definition) is 1. The standard InChI is InChI=1S/C25H24FN3O6S/c1-17(18-3-9-21(33-2)10-4-18)27-28-25(30)16-29(20-7-5-19(26)6-8-20)36(31,32)22-11-12-23-24(15-22)35-14-13-34-23/h3-12,15H,13-14,16H2,1-2H3,(H,28,30)/b27-17-. The van der Waals surface area contributed by atoms with Crippen LogP contribution in [0.2, 0.25) is 0 Å². The Morgan fingerprint density at radius 3 is 2.36 bits per heavy atom. The van der Waals surface area contributed by atoms with Crippen LogP contribution in [0.5, 0.6) is 17.2 Å². The van der Waals surface area contributed by atoms with Gasteiger partial charge in [0.05, 0.1) is 23.4 Å². The number of nitrogens with one attached hydrogen (secondary N) is 1. The number of anilines is 1. The molecule has 3 aromatic rings. The molecule has 11 heteroatoms. The van der Waals surface area contributed by atoms with Crippen molar-refractivity contribution in [2.75, 3.05) is 31.2 Å². The quantitative estimate of drug-likeness (QED) is 0.366. The third-order valence-electron chi connectivity index (χ3n) is 5.36. The molecule has 0 aliphatic carbocycles. The van der Waals surface area contributed by atoms with Crippen LogP contribution in [-0.4, -0.2) is 46.9 Å². The van der Waals surface area contributed by atoms with E-state index >= 15 is 0 Å². The van der Waals surface area contributed by atoms with E-state index in [-0.39, 0.29) is 22.9 Å². The van der Waals surface area contributed by atoms with Gasteiger partial charge in [-0.25, -0.2) is 18.2 Å². The maximum Gasteiger partial charge on any atom is 0.264 e. The van der Waals surface area contributed by atoms with Gasteiger partial charge in [-0.2, -0.15) is 5.10 Å². The number of hydrazone groups is 1. The summed E-state index contributed by atoms with van der Waals surface area (Å²) < 4.78 is 57.6. The van der Waals surface area contributed by atoms with Crippen LogP contribution < -0.4 is 23.9 Å². The number of methoxy groups -OCH3 is 1. The number of rotatable bonds is 8. The van der Waals surface area contributed by atoms with Crippen molar-refractivity contribution in [2.45, 2.75) is 11.8 Å². The first-order valence-electron chi connectivity index (χ1n) is 10.9. The van der Waals surface area contributed by atoms with Gasteiger partial charge in [-0.05, 0) is 73.2 Å². The molecule has 1 N–H and O–H groups in total. The van der Waals surface area contributed by atoms with E-state index in [0.717, 1.165) is 22.0 Å². The van der Waals surface area contributed by atoms with Gasteiger partial charge in [0.15, 0.2) is 11.5 Å². The summed E-state index contributed by atoms with van der Waals surface area (Å²) >= 11 is 0. The molecule has 0 radical (unpaired) electrons. The van der Waals surface area contributed by atoms with Crippen molar-refractivity contribution < 1.29 is 31.8 Å². The molecule has 0 saturated heterocycles. The molecule has 1 aliphatic rings. The van der Waals surface area contributed by atoms with Gasteiger partial charge in [-0.1, -0.05) is 0 Å². The molecule has 1 heterocycles. The lowest BCUT2D eigenvalue weighted by molar-refractivity contribution is -0.119. The monoisotopic (exact) mass is 513 g/mol. The van der Waals surface area contributed by atoms with Crippen molar-refractivity contribution in [3.63, 3.8) is 0 Å². The van der Waals surface area contributed by atoms with Crippen LogP contribution in [0.3, 0.4) is 0 Å². The molecule has 4 rings (SSSR count). The molecule has 36 heavy (non-hydrogen) atoms. The lowest BCUT2D eigenvalue weighted by atomic mass is 10.1. The maximum absolute atomic E-state index is 13.6. The predicted octanol–water partition coefficient (Wildman–Crippen LogP) is 3.34. The molecule has 0 unspecified atom stereocenters. The van der Waals surface area contributed by atoms with Gasteiger partial charge < -0.3 is 14.2 Å². The molecule has 0 spiro atoms. The van der Waals surface area contributed by atoms with E-state index in [0.29, 0.717) is 23.8 Å². The van der Waals surface area contributed by atoms with Gasteiger partial charge in [0.2, 0.25) is 0 Å². The van der Waals surface area contributed by atoms with Crippen molar-refractivity contribution in [1.29, 1.82) is 0 Å². The Kier molecular flexibility index (Phi) is 7.39. The topological polar surface area (TPSA) is 107 Å². The van der Waals surface area contributed by atoms with Crippen molar-refractivity contribution in [2.24, 2.45) is 5.10 Å². The van der Waals surface area contributed by atoms with E-state index in [9.17, 15) is 17.6 Å². The zero-order valence-electron chi connectivity index (χ0n) is 19.6. The first kappa shape index (κ1) is 25.0. The molecule has 0 fully saturated rings. The van der Waals surface area contributed by atoms with Gasteiger partial charge in [0.25, 0.3) is 15.9 Å². The zero-order chi connectivity index (χ0) is 25.7. The van der Waals surface area contributed by atoms with E-state index in [1.54, 1.807) is 38.3 Å². The largest absolute Gasteiger partial charge is 0.497 e. The predicted molar refractivity (Wildman–Crippen MR) is 132 cm³/mol. The molecule has 1 aliphatic heterocycles. The summed E-state index contributed by atoms with van der Waals surface area (Å²) in [6.07, 6.45) is 0. The summed E-state index contributed by atoms with van der Waals surface area (Å²) in [7, 11) is -2.68. The summed E-state index contributed by atoms with van der Waals surface area (Å²) in [6.45, 7) is 1.75. The Labute approximate surface area is 208 Å². The third-order valence-corrected chi connectivity index (χ3v) is 7.13. The summed E-state index contributed by atoms with van der Waals surface area (Å²) in [4.78, 5) is 12.7. The first-order chi connectivity index (χ1) is 17.3. The van der Waals surface area contributed by atoms with Gasteiger partial charge in [-0.3, -0.25) is 9.10 Å². The van der Waals surface area contributed by atoms with E-state index in [2.05, 4.69) is 10.5 Å². The molecule has 188 valence electrons. The fraction of sp³-hybridized carbons (Fsp3) is 0.200. The van der Waals surface area contributed by atoms with Crippen LogP contribution in [0, 0.1) is 5.82 Å². The number of fused-ring (bicyclic) bond motifs is 1. The van der Waals surface area contributed by atoms with Crippen LogP contribution in [0.25, 0.3) is 0 Å². The van der Waals surface area contributed by atoms with Crippen LogP contribution in [0.4, 0.5) is 10.1 Å². The van der Waals surface area contributed by atoms with Crippen molar-refractivity contribution >= 4 is 27.3 Å². The smallest absolute Gasteiger partial charge is 0.264 e. The second-order valence-corrected chi connectivity index (χ2v) is 9.62. The fourth-order valence-electron chi connectivity index (χ4n) is 3.44. The maximum atomic E-state index is 13.6. The van der Waals surface area contributed by atoms with Crippen molar-refractivity contribution in [3.05, 3.63) is 78.1 Å². The van der Waals surface area contributed by atoms with Gasteiger partial charge in [-0.15, -0.1) is 0 Å². The number of sulfonamides is 1. The molecule has 0 bridgehead atoms. The first-order valence-corrected chi connectivity index (χ1v) is 12.4. The van der Waals surface area contributed by atoms with Gasteiger partial charge in [0, 0.05) is 6.07 Å². The minimum Gasteiger partial charge on any atom is -0.497 e. The molecule has 9 nitrogen and oxygen atoms in total. The summed E-state index contributed by atoms with van der Waals surface area (Å²) in [5.74, 6) is 0.156. The second-order valence-electron chi connectivity index (χ2n) is 7.75. The number of benzene rings is 3. The number of hydrogen-bond acceptors (Lipinski definition) is 7. The second kappa shape index (κ2) is 10.6. The molecule has 0 atom stereocenters. The Hall–Kier alpha value is -4.12. The number of amides is 1. The molecular formula is C25H24FN3O6S. The van der Waals surface area contributed by atoms with E-state index in [1.807, 2.05) is 0 Å². The highest BCUT2D eigenvalue weighted by Gasteiger charge is 2.29. The molecule has 3 aromatic carbocycles. The van der Waals surface area contributed by atoms with Gasteiger partial charge >= 0.3 is 0 Å². The molecule has 0 aromatic heterocycles. The average molecular weight is 514 g/mol. The zero-order valence-corrected chi connectivity index (χ0v) is 20.4. The molecular weight excluding hydrogens is 489 g/mol. The lowest BCUT2D eigenvalue weighted by Gasteiger charge is -2.25. The van der Waals surface area contributed by atoms with Crippen LogP contribution in [-0.2, 0) is 14.8 Å². The average Bonchev–Trinajstić information content (AvgIpc) is 2.90. The normalized spacial score (nSPS) is 13.1. The number of carbonyl (C=O) groups excluding carboxylic acids is 1.